The van der Waals surface area contributed by atoms with E-state index in [4.69, 9.17) is 4.98 Å². The molecule has 3 nitrogen and oxygen atoms in total. The maximum atomic E-state index is 4.82. The van der Waals surface area contributed by atoms with Crippen molar-refractivity contribution < 1.29 is 0 Å². The average Bonchev–Trinajstić information content (AvgIpc) is 2.72. The minimum Gasteiger partial charge on any atom is -0.346 e. The first-order valence-corrected chi connectivity index (χ1v) is 6.11. The predicted octanol–water partition coefficient (Wildman–Crippen LogP) is 2.06. The summed E-state index contributed by atoms with van der Waals surface area (Å²) in [5.74, 6) is 2.60. The molecule has 0 bridgehead atoms. The first kappa shape index (κ1) is 9.40. The summed E-state index contributed by atoms with van der Waals surface area (Å²) < 4.78 is 0. The highest BCUT2D eigenvalue weighted by Gasteiger charge is 2.27. The summed E-state index contributed by atoms with van der Waals surface area (Å²) in [4.78, 5) is 8.30. The number of aromatic nitrogens is 2. The molecule has 2 heterocycles. The van der Waals surface area contributed by atoms with Crippen molar-refractivity contribution in [1.82, 2.24) is 15.3 Å². The Morgan fingerprint density at radius 2 is 2.07 bits per heavy atom. The van der Waals surface area contributed by atoms with Crippen molar-refractivity contribution in [3.05, 3.63) is 17.2 Å². The number of hydrogen-bond donors (Lipinski definition) is 2. The van der Waals surface area contributed by atoms with Crippen LogP contribution in [-0.4, -0.2) is 23.1 Å². The van der Waals surface area contributed by atoms with E-state index in [2.05, 4.69) is 17.2 Å². The van der Waals surface area contributed by atoms with Gasteiger partial charge >= 0.3 is 0 Å². The summed E-state index contributed by atoms with van der Waals surface area (Å²) in [5, 5.41) is 3.40. The maximum Gasteiger partial charge on any atom is 0.111 e. The van der Waals surface area contributed by atoms with E-state index in [-0.39, 0.29) is 0 Å². The molecule has 0 spiro atoms. The van der Waals surface area contributed by atoms with Crippen LogP contribution in [0.15, 0.2) is 0 Å². The molecule has 2 fully saturated rings. The summed E-state index contributed by atoms with van der Waals surface area (Å²) in [6, 6.07) is 0. The van der Waals surface area contributed by atoms with Gasteiger partial charge in [-0.1, -0.05) is 6.42 Å². The fourth-order valence-electron chi connectivity index (χ4n) is 2.66. The second-order valence-electron chi connectivity index (χ2n) is 4.95. The Bertz CT molecular complexity index is 346. The standard InChI is InChI=1S/C12H19N3/c1-8-11(9-3-2-4-9)15-12(14-8)10-5-6-13-7-10/h9-10,13H,2-7H2,1H3,(H,14,15). The molecule has 3 heteroatoms. The molecule has 0 radical (unpaired) electrons. The van der Waals surface area contributed by atoms with Gasteiger partial charge in [0.25, 0.3) is 0 Å². The molecule has 15 heavy (non-hydrogen) atoms. The number of nitrogens with one attached hydrogen (secondary N) is 2. The molecule has 82 valence electrons. The van der Waals surface area contributed by atoms with Crippen molar-refractivity contribution in [1.29, 1.82) is 0 Å². The van der Waals surface area contributed by atoms with E-state index in [1.165, 1.54) is 42.9 Å². The van der Waals surface area contributed by atoms with Crippen molar-refractivity contribution in [3.63, 3.8) is 0 Å². The zero-order valence-corrected chi connectivity index (χ0v) is 9.34. The Kier molecular flexibility index (Phi) is 2.28. The normalized spacial score (nSPS) is 26.9. The van der Waals surface area contributed by atoms with Crippen LogP contribution in [0.25, 0.3) is 0 Å². The Labute approximate surface area is 90.7 Å². The van der Waals surface area contributed by atoms with E-state index in [9.17, 15) is 0 Å². The van der Waals surface area contributed by atoms with Gasteiger partial charge in [0, 0.05) is 24.1 Å². The first-order chi connectivity index (χ1) is 7.34. The van der Waals surface area contributed by atoms with Gasteiger partial charge in [-0.3, -0.25) is 0 Å². The lowest BCUT2D eigenvalue weighted by Gasteiger charge is -2.24. The largest absolute Gasteiger partial charge is 0.346 e. The SMILES string of the molecule is Cc1[nH]c(C2CCNC2)nc1C1CCC1. The van der Waals surface area contributed by atoms with E-state index < -0.39 is 0 Å². The highest BCUT2D eigenvalue weighted by atomic mass is 15.0. The molecule has 1 unspecified atom stereocenters. The van der Waals surface area contributed by atoms with Crippen LogP contribution in [-0.2, 0) is 0 Å². The van der Waals surface area contributed by atoms with E-state index in [0.29, 0.717) is 5.92 Å². The summed E-state index contributed by atoms with van der Waals surface area (Å²) in [6.45, 7) is 4.41. The van der Waals surface area contributed by atoms with Crippen molar-refractivity contribution in [2.24, 2.45) is 0 Å². The molecular formula is C12H19N3. The fourth-order valence-corrected chi connectivity index (χ4v) is 2.66. The molecule has 1 aliphatic carbocycles. The molecule has 1 saturated heterocycles. The van der Waals surface area contributed by atoms with Gasteiger partial charge in [-0.05, 0) is 32.7 Å². The Balaban J connectivity index is 1.83. The molecule has 2 aliphatic rings. The number of nitrogens with zero attached hydrogens (tertiary/aromatic N) is 1. The van der Waals surface area contributed by atoms with Crippen LogP contribution in [0.2, 0.25) is 0 Å². The topological polar surface area (TPSA) is 40.7 Å². The second kappa shape index (κ2) is 3.63. The molecule has 1 aromatic heterocycles. The lowest BCUT2D eigenvalue weighted by atomic mass is 9.82. The van der Waals surface area contributed by atoms with Crippen LogP contribution in [0.3, 0.4) is 0 Å². The summed E-state index contributed by atoms with van der Waals surface area (Å²) in [5.41, 5.74) is 2.66. The molecule has 0 aromatic carbocycles. The monoisotopic (exact) mass is 205 g/mol. The fraction of sp³-hybridized carbons (Fsp3) is 0.750. The molecule has 1 saturated carbocycles. The Morgan fingerprint density at radius 1 is 1.20 bits per heavy atom. The molecule has 0 amide bonds. The highest BCUT2D eigenvalue weighted by Crippen LogP contribution is 2.37. The van der Waals surface area contributed by atoms with E-state index in [1.807, 2.05) is 0 Å². The van der Waals surface area contributed by atoms with Gasteiger partial charge in [-0.25, -0.2) is 4.98 Å². The van der Waals surface area contributed by atoms with Crippen molar-refractivity contribution >= 4 is 0 Å². The number of aryl methyl sites for hydroxylation is 1. The van der Waals surface area contributed by atoms with Crippen LogP contribution < -0.4 is 5.32 Å². The van der Waals surface area contributed by atoms with Gasteiger partial charge in [0.1, 0.15) is 5.82 Å². The number of imidazole rings is 1. The summed E-state index contributed by atoms with van der Waals surface area (Å²) >= 11 is 0. The quantitative estimate of drug-likeness (QED) is 0.776. The van der Waals surface area contributed by atoms with Crippen LogP contribution >= 0.6 is 0 Å². The average molecular weight is 205 g/mol. The van der Waals surface area contributed by atoms with Crippen LogP contribution in [0.1, 0.15) is 54.7 Å². The second-order valence-corrected chi connectivity index (χ2v) is 4.95. The van der Waals surface area contributed by atoms with E-state index >= 15 is 0 Å². The van der Waals surface area contributed by atoms with Crippen LogP contribution in [0, 0.1) is 6.92 Å². The van der Waals surface area contributed by atoms with Crippen molar-refractivity contribution in [2.75, 3.05) is 13.1 Å². The Morgan fingerprint density at radius 3 is 2.67 bits per heavy atom. The maximum absolute atomic E-state index is 4.82. The minimum atomic E-state index is 0.623. The van der Waals surface area contributed by atoms with Gasteiger partial charge in [0.15, 0.2) is 0 Å². The Hall–Kier alpha value is -0.830. The number of aromatic amines is 1. The van der Waals surface area contributed by atoms with E-state index in [1.54, 1.807) is 0 Å². The van der Waals surface area contributed by atoms with Gasteiger partial charge in [0.05, 0.1) is 5.69 Å². The zero-order valence-electron chi connectivity index (χ0n) is 9.34. The van der Waals surface area contributed by atoms with Crippen LogP contribution in [0.5, 0.6) is 0 Å². The number of H-pyrrole nitrogens is 1. The third-order valence-electron chi connectivity index (χ3n) is 3.88. The molecule has 1 atom stereocenters. The lowest BCUT2D eigenvalue weighted by Crippen LogP contribution is -2.11. The minimum absolute atomic E-state index is 0.623. The summed E-state index contributed by atoms with van der Waals surface area (Å²) in [6.07, 6.45) is 5.30. The van der Waals surface area contributed by atoms with Gasteiger partial charge < -0.3 is 10.3 Å². The molecule has 2 N–H and O–H groups in total. The van der Waals surface area contributed by atoms with Crippen molar-refractivity contribution in [3.8, 4) is 0 Å². The molecule has 1 aromatic rings. The highest BCUT2D eigenvalue weighted by molar-refractivity contribution is 5.21. The summed E-state index contributed by atoms with van der Waals surface area (Å²) in [7, 11) is 0. The third-order valence-corrected chi connectivity index (χ3v) is 3.88. The number of rotatable bonds is 2. The van der Waals surface area contributed by atoms with Crippen molar-refractivity contribution in [2.45, 2.75) is 44.4 Å². The lowest BCUT2D eigenvalue weighted by molar-refractivity contribution is 0.410. The third kappa shape index (κ3) is 1.59. The van der Waals surface area contributed by atoms with Gasteiger partial charge in [-0.2, -0.15) is 0 Å². The zero-order chi connectivity index (χ0) is 10.3. The molecule has 1 aliphatic heterocycles. The first-order valence-electron chi connectivity index (χ1n) is 6.11. The predicted molar refractivity (Wildman–Crippen MR) is 60.1 cm³/mol. The molecule has 3 rings (SSSR count). The molecular weight excluding hydrogens is 186 g/mol. The van der Waals surface area contributed by atoms with E-state index in [0.717, 1.165) is 19.0 Å². The van der Waals surface area contributed by atoms with Crippen LogP contribution in [0.4, 0.5) is 0 Å². The van der Waals surface area contributed by atoms with Gasteiger partial charge in [-0.15, -0.1) is 0 Å². The number of hydrogen-bond acceptors (Lipinski definition) is 2. The smallest absolute Gasteiger partial charge is 0.111 e. The van der Waals surface area contributed by atoms with Gasteiger partial charge in [0.2, 0.25) is 0 Å².